The summed E-state index contributed by atoms with van der Waals surface area (Å²) in [6.45, 7) is 1.19. The third-order valence-corrected chi connectivity index (χ3v) is 4.47. The van der Waals surface area contributed by atoms with Gasteiger partial charge in [0.05, 0.1) is 0 Å². The first kappa shape index (κ1) is 12.2. The van der Waals surface area contributed by atoms with Crippen molar-refractivity contribution in [2.75, 3.05) is 11.9 Å². The van der Waals surface area contributed by atoms with E-state index >= 15 is 0 Å². The summed E-state index contributed by atoms with van der Waals surface area (Å²) in [5, 5.41) is 7.85. The Balaban J connectivity index is 1.67. The molecule has 2 N–H and O–H groups in total. The summed E-state index contributed by atoms with van der Waals surface area (Å²) in [7, 11) is 0. The van der Waals surface area contributed by atoms with Gasteiger partial charge in [0.25, 0.3) is 0 Å². The van der Waals surface area contributed by atoms with Gasteiger partial charge in [-0.25, -0.2) is 4.98 Å². The molecule has 2 aliphatic rings. The van der Waals surface area contributed by atoms with E-state index < -0.39 is 0 Å². The molecule has 0 amide bonds. The molecular formula is C14H20ClN3. The standard InChI is InChI=1S/C14H20ClN3/c15-14-9-10(6-8-17-14)18-13-4-1-3-11(13)12-5-2-7-16-12/h6,8-9,11-13,16H,1-5,7H2,(H,17,18). The summed E-state index contributed by atoms with van der Waals surface area (Å²) in [5.41, 5.74) is 1.10. The van der Waals surface area contributed by atoms with Gasteiger partial charge < -0.3 is 10.6 Å². The lowest BCUT2D eigenvalue weighted by Gasteiger charge is -2.27. The molecule has 0 radical (unpaired) electrons. The van der Waals surface area contributed by atoms with Crippen molar-refractivity contribution in [2.24, 2.45) is 5.92 Å². The molecule has 1 aromatic heterocycles. The van der Waals surface area contributed by atoms with Gasteiger partial charge in [0.1, 0.15) is 5.15 Å². The molecule has 0 aromatic carbocycles. The van der Waals surface area contributed by atoms with Crippen LogP contribution in [0.1, 0.15) is 32.1 Å². The number of nitrogens with one attached hydrogen (secondary N) is 2. The summed E-state index contributed by atoms with van der Waals surface area (Å²) in [6.07, 6.45) is 8.37. The molecule has 3 nitrogen and oxygen atoms in total. The number of rotatable bonds is 3. The molecule has 1 saturated carbocycles. The van der Waals surface area contributed by atoms with Crippen LogP contribution in [0, 0.1) is 5.92 Å². The Bertz CT molecular complexity index is 404. The largest absolute Gasteiger partial charge is 0.382 e. The molecular weight excluding hydrogens is 246 g/mol. The van der Waals surface area contributed by atoms with Gasteiger partial charge in [0.15, 0.2) is 0 Å². The Morgan fingerprint density at radius 1 is 1.28 bits per heavy atom. The second kappa shape index (κ2) is 5.45. The van der Waals surface area contributed by atoms with E-state index in [9.17, 15) is 0 Å². The van der Waals surface area contributed by atoms with E-state index in [1.54, 1.807) is 6.20 Å². The van der Waals surface area contributed by atoms with Crippen molar-refractivity contribution in [3.63, 3.8) is 0 Å². The average Bonchev–Trinajstić information content (AvgIpc) is 2.98. The third kappa shape index (κ3) is 2.62. The fourth-order valence-electron chi connectivity index (χ4n) is 3.43. The van der Waals surface area contributed by atoms with Gasteiger partial charge in [0, 0.05) is 24.0 Å². The molecule has 3 atom stereocenters. The van der Waals surface area contributed by atoms with Crippen molar-refractivity contribution in [1.82, 2.24) is 10.3 Å². The van der Waals surface area contributed by atoms with E-state index in [4.69, 9.17) is 11.6 Å². The Kier molecular flexibility index (Phi) is 3.71. The van der Waals surface area contributed by atoms with E-state index in [0.29, 0.717) is 17.2 Å². The Morgan fingerprint density at radius 2 is 2.22 bits per heavy atom. The minimum Gasteiger partial charge on any atom is -0.382 e. The molecule has 1 saturated heterocycles. The van der Waals surface area contributed by atoms with E-state index in [1.807, 2.05) is 12.1 Å². The topological polar surface area (TPSA) is 37.0 Å². The molecule has 1 aliphatic carbocycles. The van der Waals surface area contributed by atoms with Gasteiger partial charge in [-0.1, -0.05) is 18.0 Å². The lowest BCUT2D eigenvalue weighted by Crippen LogP contribution is -2.38. The van der Waals surface area contributed by atoms with Crippen LogP contribution >= 0.6 is 11.6 Å². The van der Waals surface area contributed by atoms with Crippen LogP contribution in [-0.4, -0.2) is 23.6 Å². The lowest BCUT2D eigenvalue weighted by atomic mass is 9.93. The lowest BCUT2D eigenvalue weighted by molar-refractivity contribution is 0.376. The number of halogens is 1. The van der Waals surface area contributed by atoms with Crippen LogP contribution in [0.3, 0.4) is 0 Å². The Hall–Kier alpha value is -0.800. The predicted molar refractivity (Wildman–Crippen MR) is 75.0 cm³/mol. The molecule has 1 aromatic rings. The summed E-state index contributed by atoms with van der Waals surface area (Å²) < 4.78 is 0. The molecule has 2 heterocycles. The average molecular weight is 266 g/mol. The normalized spacial score (nSPS) is 31.7. The van der Waals surface area contributed by atoms with Crippen molar-refractivity contribution < 1.29 is 0 Å². The quantitative estimate of drug-likeness (QED) is 0.825. The van der Waals surface area contributed by atoms with Crippen molar-refractivity contribution in [3.05, 3.63) is 23.5 Å². The minimum absolute atomic E-state index is 0.563. The van der Waals surface area contributed by atoms with Crippen LogP contribution in [0.5, 0.6) is 0 Å². The minimum atomic E-state index is 0.563. The number of nitrogens with zero attached hydrogens (tertiary/aromatic N) is 1. The smallest absolute Gasteiger partial charge is 0.131 e. The monoisotopic (exact) mass is 265 g/mol. The number of anilines is 1. The van der Waals surface area contributed by atoms with Gasteiger partial charge >= 0.3 is 0 Å². The van der Waals surface area contributed by atoms with Gasteiger partial charge in [-0.15, -0.1) is 0 Å². The van der Waals surface area contributed by atoms with Crippen LogP contribution < -0.4 is 10.6 Å². The fourth-order valence-corrected chi connectivity index (χ4v) is 3.61. The third-order valence-electron chi connectivity index (χ3n) is 4.26. The SMILES string of the molecule is Clc1cc(NC2CCCC2C2CCCN2)ccn1. The van der Waals surface area contributed by atoms with E-state index in [-0.39, 0.29) is 0 Å². The van der Waals surface area contributed by atoms with Gasteiger partial charge in [-0.2, -0.15) is 0 Å². The van der Waals surface area contributed by atoms with Gasteiger partial charge in [0.2, 0.25) is 0 Å². The molecule has 0 spiro atoms. The number of aromatic nitrogens is 1. The summed E-state index contributed by atoms with van der Waals surface area (Å²) in [4.78, 5) is 4.02. The van der Waals surface area contributed by atoms with E-state index in [1.165, 1.54) is 38.6 Å². The van der Waals surface area contributed by atoms with Crippen molar-refractivity contribution in [3.8, 4) is 0 Å². The fraction of sp³-hybridized carbons (Fsp3) is 0.643. The summed E-state index contributed by atoms with van der Waals surface area (Å²) in [6, 6.07) is 5.21. The van der Waals surface area contributed by atoms with Gasteiger partial charge in [-0.3, -0.25) is 0 Å². The molecule has 18 heavy (non-hydrogen) atoms. The van der Waals surface area contributed by atoms with E-state index in [2.05, 4.69) is 15.6 Å². The van der Waals surface area contributed by atoms with Crippen molar-refractivity contribution in [1.29, 1.82) is 0 Å². The molecule has 1 aliphatic heterocycles. The van der Waals surface area contributed by atoms with Crippen LogP contribution in [0.4, 0.5) is 5.69 Å². The maximum absolute atomic E-state index is 5.93. The number of hydrogen-bond donors (Lipinski definition) is 2. The Labute approximate surface area is 113 Å². The highest BCUT2D eigenvalue weighted by molar-refractivity contribution is 6.29. The first-order valence-corrected chi connectivity index (χ1v) is 7.32. The maximum atomic E-state index is 5.93. The van der Waals surface area contributed by atoms with Crippen LogP contribution in [-0.2, 0) is 0 Å². The number of hydrogen-bond acceptors (Lipinski definition) is 3. The molecule has 3 rings (SSSR count). The molecule has 4 heteroatoms. The summed E-state index contributed by atoms with van der Waals surface area (Å²) >= 11 is 5.93. The van der Waals surface area contributed by atoms with Crippen molar-refractivity contribution >= 4 is 17.3 Å². The molecule has 0 bridgehead atoms. The zero-order valence-electron chi connectivity index (χ0n) is 10.5. The maximum Gasteiger partial charge on any atom is 0.131 e. The first-order chi connectivity index (χ1) is 8.83. The van der Waals surface area contributed by atoms with Crippen LogP contribution in [0.15, 0.2) is 18.3 Å². The Morgan fingerprint density at radius 3 is 3.00 bits per heavy atom. The molecule has 2 fully saturated rings. The highest BCUT2D eigenvalue weighted by Crippen LogP contribution is 2.34. The molecule has 98 valence electrons. The highest BCUT2D eigenvalue weighted by Gasteiger charge is 2.34. The van der Waals surface area contributed by atoms with Crippen LogP contribution in [0.25, 0.3) is 0 Å². The second-order valence-electron chi connectivity index (χ2n) is 5.42. The van der Waals surface area contributed by atoms with Crippen LogP contribution in [0.2, 0.25) is 5.15 Å². The number of pyridine rings is 1. The second-order valence-corrected chi connectivity index (χ2v) is 5.80. The predicted octanol–water partition coefficient (Wildman–Crippen LogP) is 3.07. The van der Waals surface area contributed by atoms with E-state index in [0.717, 1.165) is 11.6 Å². The molecule has 3 unspecified atom stereocenters. The first-order valence-electron chi connectivity index (χ1n) is 6.94. The van der Waals surface area contributed by atoms with Crippen molar-refractivity contribution in [2.45, 2.75) is 44.2 Å². The summed E-state index contributed by atoms with van der Waals surface area (Å²) in [5.74, 6) is 0.763. The highest BCUT2D eigenvalue weighted by atomic mass is 35.5. The van der Waals surface area contributed by atoms with Gasteiger partial charge in [-0.05, 0) is 50.3 Å². The zero-order chi connectivity index (χ0) is 12.4. The zero-order valence-corrected chi connectivity index (χ0v) is 11.3.